The number of aromatic nitrogens is 2. The van der Waals surface area contributed by atoms with Crippen molar-refractivity contribution in [1.82, 2.24) is 36.1 Å². The van der Waals surface area contributed by atoms with Crippen LogP contribution in [-0.2, 0) is 46.0 Å². The van der Waals surface area contributed by atoms with E-state index in [-0.39, 0.29) is 60.9 Å². The van der Waals surface area contributed by atoms with Gasteiger partial charge < -0.3 is 70.2 Å². The Kier molecular flexibility index (Phi) is 19.6. The zero-order valence-electron chi connectivity index (χ0n) is 32.9. The van der Waals surface area contributed by atoms with Crippen LogP contribution in [0, 0.1) is 0 Å². The summed E-state index contributed by atoms with van der Waals surface area (Å²) >= 11 is 1.85. The summed E-state index contributed by atoms with van der Waals surface area (Å²) in [5, 5.41) is 35.3. The number of thioether (sulfide) groups is 1. The molecule has 350 valence electrons. The van der Waals surface area contributed by atoms with Gasteiger partial charge in [0.2, 0.25) is 17.7 Å². The number of phosphoric acid groups is 3. The van der Waals surface area contributed by atoms with E-state index < -0.39 is 65.9 Å². The second-order valence-electron chi connectivity index (χ2n) is 14.3. The van der Waals surface area contributed by atoms with E-state index in [0.29, 0.717) is 42.0 Å². The van der Waals surface area contributed by atoms with Gasteiger partial charge in [-0.15, -0.1) is 0 Å². The number of H-pyrrole nitrogens is 1. The smallest absolute Gasteiger partial charge is 0.330 e. The number of aliphatic hydroxyl groups is 2. The van der Waals surface area contributed by atoms with Gasteiger partial charge in [0.25, 0.3) is 21.2 Å². The number of hydrogen-bond donors (Lipinski definition) is 8. The minimum Gasteiger partial charge on any atom is -0.790 e. The predicted octanol–water partition coefficient (Wildman–Crippen LogP) is -3.60. The predicted molar refractivity (Wildman–Crippen MR) is 208 cm³/mol. The van der Waals surface area contributed by atoms with Crippen molar-refractivity contribution in [2.45, 2.75) is 106 Å². The normalized spacial score (nSPS) is 25.4. The SMILES string of the molecule is O=C(CCCNC(=O)CCCCCNC(=O)CCCCC1SCC2NC(=O)NC21)NCC=Cc1cn(C2OC(COP(=O)([O-])OP(=O)([O-])OP(=O)([O-])[O-])C(O)C2O)c(=O)[nH]c1=O. The molecule has 0 radical (unpaired) electrons. The lowest BCUT2D eigenvalue weighted by molar-refractivity contribution is -0.339. The Labute approximate surface area is 357 Å². The Bertz CT molecular complexity index is 2030. The number of carbonyl (C=O) groups is 4. The molecule has 3 aliphatic rings. The standard InChI is InChI=1S/C32H52N7O19P3S/c40-23(10-2-1-5-13-33-24(41)11-4-3-9-22-26-20(18-62-22)36-31(46)37-26)35-15-7-12-25(42)34-14-6-8-19-16-39(32(47)38-29(19)45)30-28(44)27(43)21(56-30)17-55-60(51,52)58-61(53,54)57-59(48,49)50/h6,8,16,20-22,26-28,30,43-44H,1-5,7,9-15,17-18H2,(H,33,41)(H,34,42)(H,35,40)(H,51,52)(H,53,54)(H2,36,37,46)(H,38,45,47)(H2,48,49,50)/p-4. The number of aromatic amines is 1. The number of nitrogens with one attached hydrogen (secondary N) is 6. The summed E-state index contributed by atoms with van der Waals surface area (Å²) in [6, 6.07) is 0.236. The molecule has 3 saturated heterocycles. The van der Waals surface area contributed by atoms with Gasteiger partial charge in [0.05, 0.1) is 32.1 Å². The number of fused-ring (bicyclic) bond motifs is 1. The first kappa shape index (κ1) is 51.4. The van der Waals surface area contributed by atoms with Crippen molar-refractivity contribution in [3.8, 4) is 0 Å². The maximum absolute atomic E-state index is 12.5. The Hall–Kier alpha value is -3.26. The largest absolute Gasteiger partial charge is 0.790 e. The molecule has 9 atom stereocenters. The minimum atomic E-state index is -6.27. The first-order valence-corrected chi connectivity index (χ1v) is 24.8. The summed E-state index contributed by atoms with van der Waals surface area (Å²) in [6.45, 7) is -0.538. The highest BCUT2D eigenvalue weighted by Crippen LogP contribution is 2.60. The number of hydrogen-bond acceptors (Lipinski definition) is 20. The van der Waals surface area contributed by atoms with Crippen LogP contribution in [0.2, 0.25) is 0 Å². The molecule has 8 N–H and O–H groups in total. The van der Waals surface area contributed by atoms with E-state index in [1.807, 2.05) is 16.7 Å². The molecular formula is C32H48N7O19P3S-4. The van der Waals surface area contributed by atoms with Gasteiger partial charge in [-0.25, -0.2) is 13.9 Å². The van der Waals surface area contributed by atoms with E-state index in [1.165, 1.54) is 12.2 Å². The van der Waals surface area contributed by atoms with Gasteiger partial charge in [-0.1, -0.05) is 25.0 Å². The third kappa shape index (κ3) is 17.0. The Morgan fingerprint density at radius 3 is 2.19 bits per heavy atom. The van der Waals surface area contributed by atoms with Crippen LogP contribution in [0.25, 0.3) is 6.08 Å². The molecule has 0 spiro atoms. The first-order chi connectivity index (χ1) is 29.1. The maximum atomic E-state index is 12.5. The molecule has 0 aliphatic carbocycles. The van der Waals surface area contributed by atoms with Crippen molar-refractivity contribution in [1.29, 1.82) is 0 Å². The Morgan fingerprint density at radius 1 is 0.855 bits per heavy atom. The van der Waals surface area contributed by atoms with Crippen molar-refractivity contribution >= 4 is 65.1 Å². The van der Waals surface area contributed by atoms with E-state index >= 15 is 0 Å². The molecule has 0 bridgehead atoms. The van der Waals surface area contributed by atoms with Crippen LogP contribution in [0.1, 0.15) is 76.0 Å². The molecule has 4 heterocycles. The molecule has 4 rings (SSSR count). The Morgan fingerprint density at radius 2 is 1.50 bits per heavy atom. The molecule has 9 unspecified atom stereocenters. The lowest BCUT2D eigenvalue weighted by atomic mass is 10.0. The molecule has 1 aromatic rings. The van der Waals surface area contributed by atoms with E-state index in [1.54, 1.807) is 0 Å². The Balaban J connectivity index is 1.06. The number of ether oxygens (including phenoxy) is 1. The summed E-state index contributed by atoms with van der Waals surface area (Å²) in [5.41, 5.74) is -2.22. The maximum Gasteiger partial charge on any atom is 0.330 e. The highest BCUT2D eigenvalue weighted by molar-refractivity contribution is 8.00. The molecule has 62 heavy (non-hydrogen) atoms. The summed E-state index contributed by atoms with van der Waals surface area (Å²) in [7, 11) is -18.5. The monoisotopic (exact) mass is 959 g/mol. The van der Waals surface area contributed by atoms with Crippen molar-refractivity contribution in [2.75, 3.05) is 32.0 Å². The summed E-state index contributed by atoms with van der Waals surface area (Å²) in [4.78, 5) is 119. The van der Waals surface area contributed by atoms with Crippen molar-refractivity contribution in [3.63, 3.8) is 0 Å². The second-order valence-corrected chi connectivity index (χ2v) is 19.8. The fourth-order valence-corrected chi connectivity index (χ4v) is 11.0. The highest BCUT2D eigenvalue weighted by atomic mass is 32.2. The molecule has 0 aromatic carbocycles. The molecule has 3 aliphatic heterocycles. The van der Waals surface area contributed by atoms with Gasteiger partial charge in [-0.05, 0) is 32.1 Å². The molecule has 1 aromatic heterocycles. The van der Waals surface area contributed by atoms with Gasteiger partial charge in [-0.2, -0.15) is 11.8 Å². The fourth-order valence-electron chi connectivity index (χ4n) is 6.54. The van der Waals surface area contributed by atoms with Gasteiger partial charge >= 0.3 is 11.7 Å². The molecule has 26 nitrogen and oxygen atoms in total. The van der Waals surface area contributed by atoms with Crippen LogP contribution < -0.4 is 57.4 Å². The number of nitrogens with zero attached hydrogens (tertiary/aromatic N) is 1. The van der Waals surface area contributed by atoms with Crippen LogP contribution in [0.15, 0.2) is 21.9 Å². The number of amides is 5. The lowest BCUT2D eigenvalue weighted by Gasteiger charge is -2.37. The van der Waals surface area contributed by atoms with E-state index in [0.717, 1.165) is 44.1 Å². The van der Waals surface area contributed by atoms with Crippen molar-refractivity contribution in [3.05, 3.63) is 38.7 Å². The second kappa shape index (κ2) is 23.6. The van der Waals surface area contributed by atoms with Crippen LogP contribution in [0.3, 0.4) is 0 Å². The number of carbonyl (C=O) groups excluding carboxylic acids is 4. The number of unbranched alkanes of at least 4 members (excludes halogenated alkanes) is 3. The van der Waals surface area contributed by atoms with Crippen LogP contribution in [-0.4, -0.2) is 111 Å². The average molecular weight is 960 g/mol. The van der Waals surface area contributed by atoms with Gasteiger partial charge in [0, 0.05) is 56.1 Å². The number of urea groups is 1. The quantitative estimate of drug-likeness (QED) is 0.0253. The lowest BCUT2D eigenvalue weighted by Crippen LogP contribution is -2.38. The van der Waals surface area contributed by atoms with E-state index in [2.05, 4.69) is 39.7 Å². The van der Waals surface area contributed by atoms with Crippen LogP contribution in [0.5, 0.6) is 0 Å². The third-order valence-electron chi connectivity index (χ3n) is 9.50. The van der Waals surface area contributed by atoms with Gasteiger partial charge in [-0.3, -0.25) is 42.2 Å². The highest BCUT2D eigenvalue weighted by Gasteiger charge is 2.45. The topological polar surface area (TPSA) is 404 Å². The fraction of sp³-hybridized carbons (Fsp3) is 0.688. The number of rotatable bonds is 26. The zero-order valence-corrected chi connectivity index (χ0v) is 36.4. The molecule has 0 saturated carbocycles. The first-order valence-electron chi connectivity index (χ1n) is 19.4. The van der Waals surface area contributed by atoms with E-state index in [4.69, 9.17) is 4.74 Å². The zero-order chi connectivity index (χ0) is 45.7. The number of aliphatic hydroxyl groups excluding tert-OH is 2. The van der Waals surface area contributed by atoms with Gasteiger partial charge in [0.15, 0.2) is 6.23 Å². The summed E-state index contributed by atoms with van der Waals surface area (Å²) in [6.07, 6.45) is 1.90. The summed E-state index contributed by atoms with van der Waals surface area (Å²) in [5.74, 6) is 0.358. The number of phosphoric ester groups is 1. The van der Waals surface area contributed by atoms with Crippen LogP contribution in [0.4, 0.5) is 4.79 Å². The van der Waals surface area contributed by atoms with E-state index in [9.17, 15) is 72.2 Å². The molecule has 30 heteroatoms. The molecule has 5 amide bonds. The minimum absolute atomic E-state index is 0.00834. The summed E-state index contributed by atoms with van der Waals surface area (Å²) < 4.78 is 50.3. The van der Waals surface area contributed by atoms with Crippen LogP contribution >= 0.6 is 35.2 Å². The average Bonchev–Trinajstić information content (AvgIpc) is 3.81. The van der Waals surface area contributed by atoms with Gasteiger partial charge in [0.1, 0.15) is 18.3 Å². The molecular weight excluding hydrogens is 911 g/mol. The molecule has 3 fully saturated rings. The van der Waals surface area contributed by atoms with Crippen molar-refractivity contribution < 1.29 is 80.5 Å². The third-order valence-corrected chi connectivity index (χ3v) is 14.7. The van der Waals surface area contributed by atoms with Crippen molar-refractivity contribution in [2.24, 2.45) is 0 Å².